The molecule has 0 N–H and O–H groups in total. The Balaban J connectivity index is 1.53. The van der Waals surface area contributed by atoms with E-state index in [0.717, 1.165) is 11.1 Å². The molecule has 0 spiro atoms. The second-order valence-corrected chi connectivity index (χ2v) is 20.2. The lowest BCUT2D eigenvalue weighted by Crippen LogP contribution is -2.62. The molecule has 0 aliphatic carbocycles. The van der Waals surface area contributed by atoms with E-state index in [1.807, 2.05) is 60.7 Å². The zero-order valence-electron chi connectivity index (χ0n) is 32.9. The summed E-state index contributed by atoms with van der Waals surface area (Å²) in [4.78, 5) is 38.5. The van der Waals surface area contributed by atoms with E-state index in [2.05, 4.69) is 33.9 Å². The van der Waals surface area contributed by atoms with E-state index in [9.17, 15) is 14.4 Å². The fourth-order valence-corrected chi connectivity index (χ4v) is 7.15. The summed E-state index contributed by atoms with van der Waals surface area (Å²) in [6, 6.07) is 27.6. The number of hydrogen-bond donors (Lipinski definition) is 0. The van der Waals surface area contributed by atoms with E-state index in [-0.39, 0.29) is 30.4 Å². The van der Waals surface area contributed by atoms with Gasteiger partial charge in [-0.25, -0.2) is 4.79 Å². The van der Waals surface area contributed by atoms with Gasteiger partial charge in [0.2, 0.25) is 6.29 Å². The molecule has 2 saturated heterocycles. The van der Waals surface area contributed by atoms with Crippen LogP contribution in [0.1, 0.15) is 63.0 Å². The summed E-state index contributed by atoms with van der Waals surface area (Å²) >= 11 is 0. The van der Waals surface area contributed by atoms with Crippen molar-refractivity contribution >= 4 is 26.2 Å². The normalized spacial score (nSPS) is 26.9. The van der Waals surface area contributed by atoms with Gasteiger partial charge in [-0.3, -0.25) is 9.59 Å². The highest BCUT2D eigenvalue weighted by molar-refractivity contribution is 6.74. The Morgan fingerprint density at radius 3 is 1.69 bits per heavy atom. The van der Waals surface area contributed by atoms with Gasteiger partial charge in [0, 0.05) is 13.8 Å². The van der Waals surface area contributed by atoms with Gasteiger partial charge in [0.1, 0.15) is 24.4 Å². The average Bonchev–Trinajstić information content (AvgIpc) is 3.45. The first-order valence-corrected chi connectivity index (χ1v) is 21.6. The molecule has 0 saturated carbocycles. The number of esters is 3. The Labute approximate surface area is 324 Å². The second-order valence-electron chi connectivity index (χ2n) is 15.4. The third kappa shape index (κ3) is 11.3. The lowest BCUT2D eigenvalue weighted by molar-refractivity contribution is -0.329. The molecule has 2 aliphatic rings. The Morgan fingerprint density at radius 2 is 1.16 bits per heavy atom. The van der Waals surface area contributed by atoms with Crippen molar-refractivity contribution in [3.63, 3.8) is 0 Å². The number of hydrogen-bond acceptors (Lipinski definition) is 12. The summed E-state index contributed by atoms with van der Waals surface area (Å²) in [5.74, 6) is -1.82. The first kappa shape index (κ1) is 42.2. The van der Waals surface area contributed by atoms with Crippen molar-refractivity contribution in [3.05, 3.63) is 108 Å². The van der Waals surface area contributed by atoms with Gasteiger partial charge < -0.3 is 42.3 Å². The number of benzene rings is 3. The second kappa shape index (κ2) is 18.8. The van der Waals surface area contributed by atoms with Crippen LogP contribution in [0.3, 0.4) is 0 Å². The molecule has 12 nitrogen and oxygen atoms in total. The van der Waals surface area contributed by atoms with Gasteiger partial charge in [0.15, 0.2) is 26.8 Å². The molecular formula is C42H54O12Si. The Kier molecular flexibility index (Phi) is 14.4. The van der Waals surface area contributed by atoms with Crippen molar-refractivity contribution in [2.75, 3.05) is 6.61 Å². The number of carbonyl (C=O) groups is 3. The van der Waals surface area contributed by atoms with Gasteiger partial charge in [-0.15, -0.1) is 0 Å². The van der Waals surface area contributed by atoms with Gasteiger partial charge >= 0.3 is 17.9 Å². The first-order chi connectivity index (χ1) is 26.1. The fraction of sp³-hybridized carbons (Fsp3) is 0.500. The summed E-state index contributed by atoms with van der Waals surface area (Å²) in [6.45, 7) is 15.3. The minimum Gasteiger partial charge on any atom is -0.457 e. The number of ether oxygens (including phenoxy) is 8. The molecule has 0 aromatic heterocycles. The quantitative estimate of drug-likeness (QED) is 0.0918. The maximum Gasteiger partial charge on any atom is 0.338 e. The predicted molar refractivity (Wildman–Crippen MR) is 204 cm³/mol. The highest BCUT2D eigenvalue weighted by Gasteiger charge is 2.56. The smallest absolute Gasteiger partial charge is 0.338 e. The molecule has 0 radical (unpaired) electrons. The Bertz CT molecular complexity index is 1680. The van der Waals surface area contributed by atoms with Crippen molar-refractivity contribution in [1.82, 2.24) is 0 Å². The van der Waals surface area contributed by atoms with Crippen LogP contribution in [0.2, 0.25) is 18.1 Å². The molecule has 2 aliphatic heterocycles. The highest BCUT2D eigenvalue weighted by atomic mass is 28.4. The molecule has 3 aromatic rings. The standard InChI is InChI=1S/C42H54O12Si/c1-27-34(50-28(2)43)36(46-24-30-18-12-9-13-19-30)37(47-25-31-20-14-10-15-21-31)40(49-27)54-35-33(26-48-55(7,8)42(4,5)6)52-41(51-29(3)44)38(35)53-39(45)32-22-16-11-17-23-32/h9-23,27,33-38,40-41H,24-26H2,1-8H3/t27-,33+,34+,35+,36+,37-,38+,40-,41+/m0/s1. The third-order valence-corrected chi connectivity index (χ3v) is 14.6. The molecule has 298 valence electrons. The van der Waals surface area contributed by atoms with Crippen LogP contribution in [-0.2, 0) is 65.1 Å². The summed E-state index contributed by atoms with van der Waals surface area (Å²) in [6.07, 6.45) is -9.17. The SMILES string of the molecule is CC(=O)O[C@@H]1O[C@H](CO[Si](C)(C)C(C)(C)C)[C@@H](O[C@@H]2O[C@@H](C)[C@@H](OC(C)=O)[C@@H](OCc3ccccc3)[C@@H]2OCc2ccccc2)[C@H]1OC(=O)c1ccccc1. The minimum atomic E-state index is -2.34. The first-order valence-electron chi connectivity index (χ1n) is 18.6. The molecule has 0 amide bonds. The van der Waals surface area contributed by atoms with E-state index >= 15 is 0 Å². The third-order valence-electron chi connectivity index (χ3n) is 10.1. The summed E-state index contributed by atoms with van der Waals surface area (Å²) in [7, 11) is -2.34. The Hall–Kier alpha value is -3.95. The zero-order valence-corrected chi connectivity index (χ0v) is 33.9. The molecule has 55 heavy (non-hydrogen) atoms. The van der Waals surface area contributed by atoms with E-state index in [4.69, 9.17) is 42.3 Å². The van der Waals surface area contributed by atoms with Crippen molar-refractivity contribution in [2.24, 2.45) is 0 Å². The highest BCUT2D eigenvalue weighted by Crippen LogP contribution is 2.39. The largest absolute Gasteiger partial charge is 0.457 e. The van der Waals surface area contributed by atoms with Crippen molar-refractivity contribution in [1.29, 1.82) is 0 Å². The monoisotopic (exact) mass is 778 g/mol. The minimum absolute atomic E-state index is 0.0418. The van der Waals surface area contributed by atoms with Gasteiger partial charge in [-0.2, -0.15) is 0 Å². The van der Waals surface area contributed by atoms with Crippen LogP contribution < -0.4 is 0 Å². The molecular weight excluding hydrogens is 725 g/mol. The predicted octanol–water partition coefficient (Wildman–Crippen LogP) is 6.75. The molecule has 2 heterocycles. The molecule has 0 bridgehead atoms. The van der Waals surface area contributed by atoms with Crippen LogP contribution in [-0.4, -0.2) is 88.1 Å². The molecule has 5 rings (SSSR count). The van der Waals surface area contributed by atoms with Gasteiger partial charge in [-0.1, -0.05) is 99.6 Å². The molecule has 2 fully saturated rings. The molecule has 0 unspecified atom stereocenters. The van der Waals surface area contributed by atoms with E-state index in [1.54, 1.807) is 37.3 Å². The van der Waals surface area contributed by atoms with Gasteiger partial charge in [0.25, 0.3) is 0 Å². The van der Waals surface area contributed by atoms with Crippen LogP contribution in [0.4, 0.5) is 0 Å². The van der Waals surface area contributed by atoms with Crippen LogP contribution in [0.15, 0.2) is 91.0 Å². The Morgan fingerprint density at radius 1 is 0.636 bits per heavy atom. The fourth-order valence-electron chi connectivity index (χ4n) is 6.14. The van der Waals surface area contributed by atoms with Crippen molar-refractivity contribution in [3.8, 4) is 0 Å². The van der Waals surface area contributed by atoms with Crippen molar-refractivity contribution < 1.29 is 56.7 Å². The van der Waals surface area contributed by atoms with Crippen molar-refractivity contribution in [2.45, 2.75) is 128 Å². The molecule has 9 atom stereocenters. The van der Waals surface area contributed by atoms with Crippen LogP contribution in [0.25, 0.3) is 0 Å². The summed E-state index contributed by atoms with van der Waals surface area (Å²) < 4.78 is 57.0. The lowest BCUT2D eigenvalue weighted by Gasteiger charge is -2.45. The average molecular weight is 779 g/mol. The van der Waals surface area contributed by atoms with Crippen LogP contribution >= 0.6 is 0 Å². The summed E-state index contributed by atoms with van der Waals surface area (Å²) in [5, 5.41) is -0.135. The topological polar surface area (TPSA) is 134 Å². The maximum atomic E-state index is 13.6. The molecule has 13 heteroatoms. The van der Waals surface area contributed by atoms with E-state index in [1.165, 1.54) is 13.8 Å². The van der Waals surface area contributed by atoms with E-state index < -0.39 is 81.5 Å². The number of rotatable bonds is 15. The van der Waals surface area contributed by atoms with Crippen LogP contribution in [0.5, 0.6) is 0 Å². The lowest BCUT2D eigenvalue weighted by atomic mass is 9.98. The summed E-state index contributed by atoms with van der Waals surface area (Å²) in [5.41, 5.74) is 2.06. The maximum absolute atomic E-state index is 13.6. The van der Waals surface area contributed by atoms with Gasteiger partial charge in [0.05, 0.1) is 31.5 Å². The molecule has 3 aromatic carbocycles. The van der Waals surface area contributed by atoms with E-state index in [0.29, 0.717) is 0 Å². The van der Waals surface area contributed by atoms with Gasteiger partial charge in [-0.05, 0) is 48.3 Å². The number of carbonyl (C=O) groups excluding carboxylic acids is 3. The van der Waals surface area contributed by atoms with Crippen LogP contribution in [0, 0.1) is 0 Å². The zero-order chi connectivity index (χ0) is 39.8.